The number of rotatable bonds is 4. The number of ether oxygens (including phenoxy) is 1. The van der Waals surface area contributed by atoms with Gasteiger partial charge in [0.05, 0.1) is 24.1 Å². The summed E-state index contributed by atoms with van der Waals surface area (Å²) in [7, 11) is 1.11. The lowest BCUT2D eigenvalue weighted by Crippen LogP contribution is -2.12. The van der Waals surface area contributed by atoms with E-state index in [1.165, 1.54) is 0 Å². The van der Waals surface area contributed by atoms with Crippen LogP contribution in [0.2, 0.25) is 0 Å². The highest BCUT2D eigenvalue weighted by Gasteiger charge is 2.33. The van der Waals surface area contributed by atoms with Gasteiger partial charge >= 0.3 is 6.18 Å². The molecule has 0 saturated heterocycles. The van der Waals surface area contributed by atoms with Gasteiger partial charge in [0, 0.05) is 5.56 Å². The lowest BCUT2D eigenvalue weighted by Gasteiger charge is -2.13. The van der Waals surface area contributed by atoms with Gasteiger partial charge in [-0.3, -0.25) is 9.59 Å². The summed E-state index contributed by atoms with van der Waals surface area (Å²) in [5.74, 6) is -1.45. The standard InChI is InChI=1S/C11H8ClF3O3/c1-18-9-3-7(11(13,14)15)2-6(5-16)10(9)8(17)4-12/h2-3,5H,4H2,1H3. The molecular weight excluding hydrogens is 273 g/mol. The van der Waals surface area contributed by atoms with Crippen LogP contribution in [-0.2, 0) is 6.18 Å². The molecule has 0 radical (unpaired) electrons. The monoisotopic (exact) mass is 280 g/mol. The number of alkyl halides is 4. The van der Waals surface area contributed by atoms with E-state index in [4.69, 9.17) is 16.3 Å². The molecule has 0 saturated carbocycles. The Hall–Kier alpha value is -1.56. The molecule has 0 aliphatic carbocycles. The van der Waals surface area contributed by atoms with Crippen LogP contribution in [0, 0.1) is 0 Å². The van der Waals surface area contributed by atoms with Gasteiger partial charge in [-0.05, 0) is 12.1 Å². The molecular formula is C11H8ClF3O3. The fourth-order valence-corrected chi connectivity index (χ4v) is 1.55. The minimum absolute atomic E-state index is 0.164. The van der Waals surface area contributed by atoms with Gasteiger partial charge in [0.15, 0.2) is 12.1 Å². The molecule has 0 heterocycles. The normalized spacial score (nSPS) is 11.2. The number of halogens is 4. The maximum Gasteiger partial charge on any atom is 0.416 e. The Labute approximate surface area is 105 Å². The third-order valence-corrected chi connectivity index (χ3v) is 2.45. The van der Waals surface area contributed by atoms with Crippen molar-refractivity contribution in [3.8, 4) is 5.75 Å². The molecule has 1 aromatic carbocycles. The summed E-state index contributed by atoms with van der Waals surface area (Å²) in [5.41, 5.74) is -1.70. The number of carbonyl (C=O) groups is 2. The first-order chi connectivity index (χ1) is 8.35. The molecule has 0 bridgehead atoms. The predicted molar refractivity (Wildman–Crippen MR) is 58.4 cm³/mol. The van der Waals surface area contributed by atoms with E-state index in [1.807, 2.05) is 0 Å². The van der Waals surface area contributed by atoms with E-state index in [2.05, 4.69) is 0 Å². The number of hydrogen-bond donors (Lipinski definition) is 0. The van der Waals surface area contributed by atoms with Crippen LogP contribution >= 0.6 is 11.6 Å². The minimum atomic E-state index is -4.63. The summed E-state index contributed by atoms with van der Waals surface area (Å²) in [6, 6.07) is 1.25. The van der Waals surface area contributed by atoms with Crippen LogP contribution in [-0.4, -0.2) is 25.1 Å². The van der Waals surface area contributed by atoms with Crippen molar-refractivity contribution < 1.29 is 27.5 Å². The second-order valence-corrected chi connectivity index (χ2v) is 3.58. The van der Waals surface area contributed by atoms with Crippen LogP contribution in [0.15, 0.2) is 12.1 Å². The van der Waals surface area contributed by atoms with E-state index in [0.29, 0.717) is 12.1 Å². The highest BCUT2D eigenvalue weighted by Crippen LogP contribution is 2.35. The molecule has 0 aliphatic rings. The van der Waals surface area contributed by atoms with Crippen LogP contribution in [0.25, 0.3) is 0 Å². The first-order valence-electron chi connectivity index (χ1n) is 4.68. The number of ketones is 1. The van der Waals surface area contributed by atoms with Crippen molar-refractivity contribution in [3.63, 3.8) is 0 Å². The van der Waals surface area contributed by atoms with Crippen molar-refractivity contribution in [3.05, 3.63) is 28.8 Å². The van der Waals surface area contributed by atoms with Gasteiger partial charge in [0.2, 0.25) is 0 Å². The molecule has 0 aliphatic heterocycles. The molecule has 0 aromatic heterocycles. The Morgan fingerprint density at radius 2 is 2.06 bits per heavy atom. The second kappa shape index (κ2) is 5.39. The molecule has 0 spiro atoms. The van der Waals surface area contributed by atoms with E-state index in [-0.39, 0.29) is 17.6 Å². The van der Waals surface area contributed by atoms with Crippen molar-refractivity contribution >= 4 is 23.7 Å². The fraction of sp³-hybridized carbons (Fsp3) is 0.273. The van der Waals surface area contributed by atoms with E-state index in [1.54, 1.807) is 0 Å². The van der Waals surface area contributed by atoms with Crippen molar-refractivity contribution in [2.24, 2.45) is 0 Å². The highest BCUT2D eigenvalue weighted by molar-refractivity contribution is 6.31. The van der Waals surface area contributed by atoms with Crippen molar-refractivity contribution in [2.45, 2.75) is 6.18 Å². The van der Waals surface area contributed by atoms with E-state index >= 15 is 0 Å². The summed E-state index contributed by atoms with van der Waals surface area (Å²) in [5, 5.41) is 0. The van der Waals surface area contributed by atoms with Crippen LogP contribution in [0.4, 0.5) is 13.2 Å². The van der Waals surface area contributed by atoms with Gasteiger partial charge in [-0.1, -0.05) is 0 Å². The number of benzene rings is 1. The quantitative estimate of drug-likeness (QED) is 0.484. The van der Waals surface area contributed by atoms with Crippen LogP contribution in [0.5, 0.6) is 5.75 Å². The zero-order chi connectivity index (χ0) is 13.9. The zero-order valence-corrected chi connectivity index (χ0v) is 9.93. The van der Waals surface area contributed by atoms with E-state index in [9.17, 15) is 22.8 Å². The second-order valence-electron chi connectivity index (χ2n) is 3.32. The number of aldehydes is 1. The zero-order valence-electron chi connectivity index (χ0n) is 9.18. The maximum absolute atomic E-state index is 12.6. The minimum Gasteiger partial charge on any atom is -0.496 e. The Morgan fingerprint density at radius 3 is 2.44 bits per heavy atom. The molecule has 1 rings (SSSR count). The molecule has 3 nitrogen and oxygen atoms in total. The first-order valence-corrected chi connectivity index (χ1v) is 5.22. The topological polar surface area (TPSA) is 43.4 Å². The van der Waals surface area contributed by atoms with Gasteiger partial charge in [-0.25, -0.2) is 0 Å². The number of hydrogen-bond acceptors (Lipinski definition) is 3. The van der Waals surface area contributed by atoms with Gasteiger partial charge in [0.1, 0.15) is 5.75 Å². The third kappa shape index (κ3) is 2.81. The van der Waals surface area contributed by atoms with Gasteiger partial charge in [-0.15, -0.1) is 11.6 Å². The SMILES string of the molecule is COc1cc(C(F)(F)F)cc(C=O)c1C(=O)CCl. The first kappa shape index (κ1) is 14.5. The van der Waals surface area contributed by atoms with Crippen molar-refractivity contribution in [2.75, 3.05) is 13.0 Å². The molecule has 0 atom stereocenters. The highest BCUT2D eigenvalue weighted by atomic mass is 35.5. The van der Waals surface area contributed by atoms with Crippen molar-refractivity contribution in [1.82, 2.24) is 0 Å². The molecule has 0 N–H and O–H groups in total. The molecule has 7 heteroatoms. The average Bonchev–Trinajstić information content (AvgIpc) is 2.34. The number of carbonyl (C=O) groups excluding carboxylic acids is 2. The Bertz CT molecular complexity index is 483. The number of methoxy groups -OCH3 is 1. The molecule has 1 aromatic rings. The smallest absolute Gasteiger partial charge is 0.416 e. The number of Topliss-reactive ketones (excluding diaryl/α,β-unsaturated/α-hetero) is 1. The van der Waals surface area contributed by atoms with Gasteiger partial charge in [0.25, 0.3) is 0 Å². The predicted octanol–water partition coefficient (Wildman–Crippen LogP) is 2.95. The summed E-state index contributed by atoms with van der Waals surface area (Å²) < 4.78 is 42.4. The summed E-state index contributed by atoms with van der Waals surface area (Å²) in [6.07, 6.45) is -4.47. The largest absolute Gasteiger partial charge is 0.496 e. The van der Waals surface area contributed by atoms with E-state index < -0.39 is 29.0 Å². The molecule has 0 fully saturated rings. The Kier molecular flexibility index (Phi) is 4.34. The maximum atomic E-state index is 12.6. The summed E-state index contributed by atoms with van der Waals surface area (Å²) in [6.45, 7) is 0. The lowest BCUT2D eigenvalue weighted by atomic mass is 10.0. The van der Waals surface area contributed by atoms with Gasteiger partial charge < -0.3 is 4.74 Å². The summed E-state index contributed by atoms with van der Waals surface area (Å²) >= 11 is 5.33. The Morgan fingerprint density at radius 1 is 1.44 bits per heavy atom. The molecule has 98 valence electrons. The third-order valence-electron chi connectivity index (χ3n) is 2.21. The summed E-state index contributed by atoms with van der Waals surface area (Å²) in [4.78, 5) is 22.3. The molecule has 0 unspecified atom stereocenters. The van der Waals surface area contributed by atoms with Crippen LogP contribution < -0.4 is 4.74 Å². The lowest BCUT2D eigenvalue weighted by molar-refractivity contribution is -0.137. The Balaban J connectivity index is 3.54. The average molecular weight is 281 g/mol. The molecule has 0 amide bonds. The van der Waals surface area contributed by atoms with Crippen LogP contribution in [0.1, 0.15) is 26.3 Å². The van der Waals surface area contributed by atoms with E-state index in [0.717, 1.165) is 7.11 Å². The van der Waals surface area contributed by atoms with Gasteiger partial charge in [-0.2, -0.15) is 13.2 Å². The fourth-order valence-electron chi connectivity index (χ4n) is 1.42. The molecule has 18 heavy (non-hydrogen) atoms. The van der Waals surface area contributed by atoms with Crippen LogP contribution in [0.3, 0.4) is 0 Å². The van der Waals surface area contributed by atoms with Crippen molar-refractivity contribution in [1.29, 1.82) is 0 Å².